The second-order valence-corrected chi connectivity index (χ2v) is 5.77. The summed E-state index contributed by atoms with van der Waals surface area (Å²) in [6.45, 7) is 8.09. The van der Waals surface area contributed by atoms with Gasteiger partial charge in [-0.3, -0.25) is 4.79 Å². The second kappa shape index (κ2) is 5.44. The molecule has 1 aliphatic rings. The summed E-state index contributed by atoms with van der Waals surface area (Å²) in [6.07, 6.45) is 3.42. The van der Waals surface area contributed by atoms with E-state index in [2.05, 4.69) is 33.7 Å². The van der Waals surface area contributed by atoms with Crippen molar-refractivity contribution in [1.29, 1.82) is 0 Å². The molecule has 3 heterocycles. The Morgan fingerprint density at radius 1 is 1.48 bits per heavy atom. The van der Waals surface area contributed by atoms with Gasteiger partial charge in [-0.1, -0.05) is 13.8 Å². The van der Waals surface area contributed by atoms with Crippen LogP contribution in [0.4, 0.5) is 5.69 Å². The molecule has 1 fully saturated rings. The summed E-state index contributed by atoms with van der Waals surface area (Å²) in [4.78, 5) is 26.0. The Morgan fingerprint density at radius 2 is 2.29 bits per heavy atom. The minimum atomic E-state index is -0.104. The summed E-state index contributed by atoms with van der Waals surface area (Å²) in [5.74, 6) is 1.06. The molecule has 0 aliphatic carbocycles. The molecule has 1 atom stereocenters. The molecule has 1 saturated heterocycles. The van der Waals surface area contributed by atoms with Gasteiger partial charge in [-0.2, -0.15) is 0 Å². The molecular formula is C15H20N4O2. The molecule has 6 heteroatoms. The van der Waals surface area contributed by atoms with Crippen molar-refractivity contribution >= 4 is 16.6 Å². The van der Waals surface area contributed by atoms with Crippen molar-refractivity contribution in [2.24, 2.45) is 5.92 Å². The number of aromatic nitrogens is 3. The maximum Gasteiger partial charge on any atom is 0.273 e. The summed E-state index contributed by atoms with van der Waals surface area (Å²) in [5.41, 5.74) is 1.26. The number of ether oxygens (including phenoxy) is 1. The molecule has 3 rings (SSSR count). The molecule has 0 aromatic carbocycles. The molecule has 1 aliphatic heterocycles. The molecule has 0 amide bonds. The highest BCUT2D eigenvalue weighted by Crippen LogP contribution is 2.26. The van der Waals surface area contributed by atoms with Gasteiger partial charge in [0.15, 0.2) is 0 Å². The number of fused-ring (bicyclic) bond motifs is 1. The van der Waals surface area contributed by atoms with Crippen LogP contribution in [0, 0.1) is 12.8 Å². The van der Waals surface area contributed by atoms with Gasteiger partial charge in [0.05, 0.1) is 19.3 Å². The number of morpholine rings is 1. The van der Waals surface area contributed by atoms with Crippen molar-refractivity contribution in [2.75, 3.05) is 24.7 Å². The number of aryl methyl sites for hydroxylation is 1. The molecule has 2 aromatic heterocycles. The van der Waals surface area contributed by atoms with Crippen LogP contribution < -0.4 is 10.5 Å². The number of H-pyrrole nitrogens is 1. The van der Waals surface area contributed by atoms with Gasteiger partial charge in [0, 0.05) is 24.3 Å². The van der Waals surface area contributed by atoms with E-state index < -0.39 is 0 Å². The zero-order chi connectivity index (χ0) is 15.0. The lowest BCUT2D eigenvalue weighted by Gasteiger charge is -2.39. The van der Waals surface area contributed by atoms with Crippen LogP contribution in [0.2, 0.25) is 0 Å². The van der Waals surface area contributed by atoms with E-state index in [1.807, 2.05) is 6.92 Å². The van der Waals surface area contributed by atoms with E-state index in [1.54, 1.807) is 12.4 Å². The maximum atomic E-state index is 12.4. The Kier molecular flexibility index (Phi) is 3.63. The van der Waals surface area contributed by atoms with E-state index in [4.69, 9.17) is 4.74 Å². The Bertz CT molecular complexity index is 710. The first-order valence-electron chi connectivity index (χ1n) is 7.27. The van der Waals surface area contributed by atoms with Crippen LogP contribution in [-0.4, -0.2) is 40.8 Å². The first-order valence-corrected chi connectivity index (χ1v) is 7.27. The van der Waals surface area contributed by atoms with E-state index in [0.717, 1.165) is 10.9 Å². The van der Waals surface area contributed by atoms with E-state index in [9.17, 15) is 4.79 Å². The van der Waals surface area contributed by atoms with Gasteiger partial charge in [0.25, 0.3) is 5.56 Å². The lowest BCUT2D eigenvalue weighted by molar-refractivity contribution is 0.0806. The lowest BCUT2D eigenvalue weighted by Crippen LogP contribution is -2.50. The van der Waals surface area contributed by atoms with Gasteiger partial charge in [0.2, 0.25) is 0 Å². The summed E-state index contributed by atoms with van der Waals surface area (Å²) >= 11 is 0. The third kappa shape index (κ3) is 2.51. The minimum absolute atomic E-state index is 0.104. The SMILES string of the molecule is Cc1ncc2c[nH]c(=O)c(N3CCOC[C@@H]3C(C)C)c2n1. The fourth-order valence-corrected chi connectivity index (χ4v) is 2.81. The number of pyridine rings is 1. The molecule has 1 N–H and O–H groups in total. The van der Waals surface area contributed by atoms with Gasteiger partial charge in [-0.05, 0) is 12.8 Å². The number of hydrogen-bond acceptors (Lipinski definition) is 5. The highest BCUT2D eigenvalue weighted by atomic mass is 16.5. The van der Waals surface area contributed by atoms with Crippen LogP contribution in [0.1, 0.15) is 19.7 Å². The van der Waals surface area contributed by atoms with Gasteiger partial charge in [-0.15, -0.1) is 0 Å². The molecule has 0 radical (unpaired) electrons. The Hall–Kier alpha value is -1.95. The van der Waals surface area contributed by atoms with Gasteiger partial charge >= 0.3 is 0 Å². The Balaban J connectivity index is 2.20. The van der Waals surface area contributed by atoms with Crippen molar-refractivity contribution in [1.82, 2.24) is 15.0 Å². The van der Waals surface area contributed by atoms with Crippen LogP contribution in [0.5, 0.6) is 0 Å². The van der Waals surface area contributed by atoms with Crippen LogP contribution in [-0.2, 0) is 4.74 Å². The Morgan fingerprint density at radius 3 is 3.05 bits per heavy atom. The molecule has 6 nitrogen and oxygen atoms in total. The van der Waals surface area contributed by atoms with Crippen LogP contribution in [0.3, 0.4) is 0 Å². The highest BCUT2D eigenvalue weighted by molar-refractivity contribution is 5.89. The van der Waals surface area contributed by atoms with Gasteiger partial charge < -0.3 is 14.6 Å². The van der Waals surface area contributed by atoms with Crippen molar-refractivity contribution in [3.63, 3.8) is 0 Å². The average Bonchev–Trinajstić information content (AvgIpc) is 2.47. The lowest BCUT2D eigenvalue weighted by atomic mass is 10.0. The van der Waals surface area contributed by atoms with Gasteiger partial charge in [-0.25, -0.2) is 9.97 Å². The van der Waals surface area contributed by atoms with Crippen LogP contribution in [0.15, 0.2) is 17.2 Å². The van der Waals surface area contributed by atoms with Crippen LogP contribution >= 0.6 is 0 Å². The fourth-order valence-electron chi connectivity index (χ4n) is 2.81. The quantitative estimate of drug-likeness (QED) is 0.906. The molecule has 0 spiro atoms. The number of nitrogens with zero attached hydrogens (tertiary/aromatic N) is 3. The number of rotatable bonds is 2. The average molecular weight is 288 g/mol. The molecule has 0 bridgehead atoms. The molecule has 2 aromatic rings. The largest absolute Gasteiger partial charge is 0.377 e. The predicted octanol–water partition coefficient (Wildman–Crippen LogP) is 1.49. The van der Waals surface area contributed by atoms with E-state index in [1.165, 1.54) is 0 Å². The zero-order valence-electron chi connectivity index (χ0n) is 12.6. The van der Waals surface area contributed by atoms with Crippen LogP contribution in [0.25, 0.3) is 10.9 Å². The summed E-state index contributed by atoms with van der Waals surface area (Å²) in [6, 6.07) is 0.181. The molecule has 0 saturated carbocycles. The molecule has 112 valence electrons. The summed E-state index contributed by atoms with van der Waals surface area (Å²) in [5, 5.41) is 0.851. The Labute approximate surface area is 123 Å². The molecular weight excluding hydrogens is 268 g/mol. The first-order chi connectivity index (χ1) is 10.1. The predicted molar refractivity (Wildman–Crippen MR) is 81.7 cm³/mol. The van der Waals surface area contributed by atoms with Crippen molar-refractivity contribution in [3.05, 3.63) is 28.6 Å². The van der Waals surface area contributed by atoms with E-state index in [-0.39, 0.29) is 11.6 Å². The topological polar surface area (TPSA) is 71.1 Å². The maximum absolute atomic E-state index is 12.4. The highest BCUT2D eigenvalue weighted by Gasteiger charge is 2.29. The van der Waals surface area contributed by atoms with Crippen molar-refractivity contribution in [2.45, 2.75) is 26.8 Å². The van der Waals surface area contributed by atoms with Crippen molar-refractivity contribution in [3.8, 4) is 0 Å². The fraction of sp³-hybridized carbons (Fsp3) is 0.533. The summed E-state index contributed by atoms with van der Waals surface area (Å²) < 4.78 is 5.58. The smallest absolute Gasteiger partial charge is 0.273 e. The third-order valence-electron chi connectivity index (χ3n) is 3.96. The summed E-state index contributed by atoms with van der Waals surface area (Å²) in [7, 11) is 0. The second-order valence-electron chi connectivity index (χ2n) is 5.77. The number of nitrogens with one attached hydrogen (secondary N) is 1. The molecule has 0 unspecified atom stereocenters. The van der Waals surface area contributed by atoms with Crippen molar-refractivity contribution < 1.29 is 4.74 Å². The van der Waals surface area contributed by atoms with E-state index >= 15 is 0 Å². The normalized spacial score (nSPS) is 19.4. The first kappa shape index (κ1) is 14.0. The third-order valence-corrected chi connectivity index (χ3v) is 3.96. The standard InChI is InChI=1S/C15H20N4O2/c1-9(2)12-8-21-5-4-19(12)14-13-11(7-17-15(14)20)6-16-10(3)18-13/h6-7,9,12H,4-5,8H2,1-3H3,(H,17,20)/t12-/m1/s1. The number of anilines is 1. The number of aromatic amines is 1. The monoisotopic (exact) mass is 288 g/mol. The molecule has 21 heavy (non-hydrogen) atoms. The van der Waals surface area contributed by atoms with E-state index in [0.29, 0.717) is 37.2 Å². The van der Waals surface area contributed by atoms with Gasteiger partial charge in [0.1, 0.15) is 17.0 Å². The zero-order valence-corrected chi connectivity index (χ0v) is 12.6. The number of hydrogen-bond donors (Lipinski definition) is 1. The minimum Gasteiger partial charge on any atom is -0.377 e.